The lowest BCUT2D eigenvalue weighted by Gasteiger charge is -2.35. The van der Waals surface area contributed by atoms with Crippen LogP contribution in [0, 0.1) is 5.82 Å². The molecule has 2 aromatic rings. The number of fused-ring (bicyclic) bond motifs is 1. The summed E-state index contributed by atoms with van der Waals surface area (Å²) >= 11 is 0. The molecule has 2 aliphatic heterocycles. The van der Waals surface area contributed by atoms with Crippen LogP contribution in [0.1, 0.15) is 37.9 Å². The van der Waals surface area contributed by atoms with Crippen molar-refractivity contribution in [2.45, 2.75) is 51.9 Å². The van der Waals surface area contributed by atoms with E-state index in [-0.39, 0.29) is 35.4 Å². The summed E-state index contributed by atoms with van der Waals surface area (Å²) < 4.78 is 20.7. The van der Waals surface area contributed by atoms with Crippen molar-refractivity contribution in [1.29, 1.82) is 0 Å². The molecule has 0 bridgehead atoms. The second-order valence-corrected chi connectivity index (χ2v) is 8.86. The fourth-order valence-corrected chi connectivity index (χ4v) is 4.21. The largest absolute Gasteiger partial charge is 0.377 e. The molecule has 10 heteroatoms. The van der Waals surface area contributed by atoms with Gasteiger partial charge in [0.2, 0.25) is 5.91 Å². The van der Waals surface area contributed by atoms with Crippen LogP contribution in [0.4, 0.5) is 20.7 Å². The summed E-state index contributed by atoms with van der Waals surface area (Å²) in [6, 6.07) is 4.46. The molecule has 1 saturated heterocycles. The number of ether oxygens (including phenoxy) is 1. The van der Waals surface area contributed by atoms with E-state index in [4.69, 9.17) is 9.72 Å². The Labute approximate surface area is 191 Å². The summed E-state index contributed by atoms with van der Waals surface area (Å²) in [7, 11) is 0. The number of urea groups is 1. The topological polar surface area (TPSA) is 99.7 Å². The minimum Gasteiger partial charge on any atom is -0.377 e. The van der Waals surface area contributed by atoms with Gasteiger partial charge in [0.1, 0.15) is 11.6 Å². The number of nitrogens with one attached hydrogen (secondary N) is 2. The van der Waals surface area contributed by atoms with E-state index < -0.39 is 5.82 Å². The van der Waals surface area contributed by atoms with Gasteiger partial charge >= 0.3 is 6.03 Å². The molecule has 1 aliphatic carbocycles. The molecule has 0 spiro atoms. The van der Waals surface area contributed by atoms with Crippen LogP contribution >= 0.6 is 0 Å². The molecular weight excluding hydrogens is 427 g/mol. The van der Waals surface area contributed by atoms with Gasteiger partial charge in [-0.2, -0.15) is 0 Å². The van der Waals surface area contributed by atoms with E-state index in [0.717, 1.165) is 29.9 Å². The van der Waals surface area contributed by atoms with Gasteiger partial charge in [-0.1, -0.05) is 0 Å². The third-order valence-corrected chi connectivity index (χ3v) is 6.23. The van der Waals surface area contributed by atoms with Crippen molar-refractivity contribution < 1.29 is 18.7 Å². The predicted octanol–water partition coefficient (Wildman–Crippen LogP) is 2.65. The highest BCUT2D eigenvalue weighted by Gasteiger charge is 2.32. The zero-order valence-electron chi connectivity index (χ0n) is 18.7. The number of carbonyl (C=O) groups excluding carboxylic acids is 2. The lowest BCUT2D eigenvalue weighted by molar-refractivity contribution is -0.129. The second-order valence-electron chi connectivity index (χ2n) is 8.86. The summed E-state index contributed by atoms with van der Waals surface area (Å²) in [5, 5.41) is 5.48. The molecule has 33 heavy (non-hydrogen) atoms. The normalized spacial score (nSPS) is 19.9. The van der Waals surface area contributed by atoms with Crippen LogP contribution in [0.5, 0.6) is 0 Å². The molecule has 0 unspecified atom stereocenters. The Bertz CT molecular complexity index is 1110. The molecule has 1 aromatic heterocycles. The fourth-order valence-electron chi connectivity index (χ4n) is 4.21. The molecule has 174 valence electrons. The molecule has 1 saturated carbocycles. The molecule has 5 rings (SSSR count). The molecular formula is C23H27FN6O3. The van der Waals surface area contributed by atoms with Crippen LogP contribution in [-0.4, -0.2) is 58.6 Å². The van der Waals surface area contributed by atoms with Crippen LogP contribution in [0.25, 0.3) is 11.4 Å². The number of halogens is 1. The predicted molar refractivity (Wildman–Crippen MR) is 120 cm³/mol. The highest BCUT2D eigenvalue weighted by molar-refractivity contribution is 5.90. The molecule has 1 atom stereocenters. The zero-order valence-corrected chi connectivity index (χ0v) is 18.7. The third kappa shape index (κ3) is 4.47. The average Bonchev–Trinajstić information content (AvgIpc) is 3.47. The van der Waals surface area contributed by atoms with Gasteiger partial charge in [-0.05, 0) is 38.0 Å². The second kappa shape index (κ2) is 8.58. The first-order valence-electron chi connectivity index (χ1n) is 11.3. The van der Waals surface area contributed by atoms with E-state index in [0.29, 0.717) is 38.5 Å². The lowest BCUT2D eigenvalue weighted by Crippen LogP contribution is -2.44. The fraction of sp³-hybridized carbons (Fsp3) is 0.478. The number of aromatic nitrogens is 2. The van der Waals surface area contributed by atoms with Crippen molar-refractivity contribution in [2.24, 2.45) is 0 Å². The smallest absolute Gasteiger partial charge is 0.319 e. The van der Waals surface area contributed by atoms with Gasteiger partial charge in [0.15, 0.2) is 5.82 Å². The van der Waals surface area contributed by atoms with Crippen molar-refractivity contribution >= 4 is 23.4 Å². The number of rotatable bonds is 4. The summed E-state index contributed by atoms with van der Waals surface area (Å²) in [6.45, 7) is 6.20. The molecule has 3 heterocycles. The van der Waals surface area contributed by atoms with Crippen molar-refractivity contribution in [3.63, 3.8) is 0 Å². The highest BCUT2D eigenvalue weighted by atomic mass is 19.1. The van der Waals surface area contributed by atoms with Crippen LogP contribution in [0.15, 0.2) is 18.2 Å². The first kappa shape index (κ1) is 21.6. The van der Waals surface area contributed by atoms with E-state index in [1.807, 2.05) is 0 Å². The summed E-state index contributed by atoms with van der Waals surface area (Å²) in [5.74, 6) is 0.419. The van der Waals surface area contributed by atoms with Crippen LogP contribution in [0.2, 0.25) is 0 Å². The van der Waals surface area contributed by atoms with Gasteiger partial charge in [0.25, 0.3) is 0 Å². The highest BCUT2D eigenvalue weighted by Crippen LogP contribution is 2.34. The minimum atomic E-state index is -0.526. The van der Waals surface area contributed by atoms with Gasteiger partial charge in [-0.15, -0.1) is 0 Å². The maximum absolute atomic E-state index is 15.1. The maximum atomic E-state index is 15.1. The van der Waals surface area contributed by atoms with Gasteiger partial charge in [-0.3, -0.25) is 4.79 Å². The van der Waals surface area contributed by atoms with Crippen molar-refractivity contribution in [3.8, 4) is 11.4 Å². The third-order valence-electron chi connectivity index (χ3n) is 6.23. The quantitative estimate of drug-likeness (QED) is 0.737. The van der Waals surface area contributed by atoms with E-state index >= 15 is 4.39 Å². The molecule has 9 nitrogen and oxygen atoms in total. The number of nitrogens with zero attached hydrogens (tertiary/aromatic N) is 4. The van der Waals surface area contributed by atoms with Gasteiger partial charge < -0.3 is 25.2 Å². The summed E-state index contributed by atoms with van der Waals surface area (Å²) in [4.78, 5) is 37.2. The molecule has 3 aliphatic rings. The number of benzene rings is 1. The first-order valence-corrected chi connectivity index (χ1v) is 11.3. The monoisotopic (exact) mass is 454 g/mol. The summed E-state index contributed by atoms with van der Waals surface area (Å²) in [5.41, 5.74) is 2.24. The van der Waals surface area contributed by atoms with E-state index in [9.17, 15) is 9.59 Å². The number of hydrogen-bond donors (Lipinski definition) is 2. The van der Waals surface area contributed by atoms with E-state index in [2.05, 4.69) is 27.4 Å². The first-order chi connectivity index (χ1) is 15.9. The zero-order chi connectivity index (χ0) is 23.1. The number of anilines is 2. The Kier molecular flexibility index (Phi) is 5.61. The minimum absolute atomic E-state index is 0.0402. The standard InChI is InChI=1S/C23H27FN6O3/c1-13-12-33-8-7-30(13)22-18-10-29(14(2)31)11-20(18)27-21(28-22)17-6-5-16(9-19(17)24)26-23(32)25-15-3-4-15/h5-6,9,13,15H,3-4,7-8,10-12H2,1-2H3,(H2,25,26,32)/t13-/m0/s1. The molecule has 1 aromatic carbocycles. The molecule has 0 radical (unpaired) electrons. The van der Waals surface area contributed by atoms with E-state index in [1.165, 1.54) is 13.0 Å². The number of amides is 3. The molecule has 2 N–H and O–H groups in total. The molecule has 2 fully saturated rings. The van der Waals surface area contributed by atoms with Crippen LogP contribution in [0.3, 0.4) is 0 Å². The Hall–Kier alpha value is -3.27. The SMILES string of the molecule is CC(=O)N1Cc2nc(-c3ccc(NC(=O)NC4CC4)cc3F)nc(N3CCOC[C@@H]3C)c2C1. The maximum Gasteiger partial charge on any atom is 0.319 e. The Balaban J connectivity index is 1.48. The van der Waals surface area contributed by atoms with Crippen LogP contribution in [-0.2, 0) is 22.6 Å². The van der Waals surface area contributed by atoms with Crippen molar-refractivity contribution in [2.75, 3.05) is 30.0 Å². The lowest BCUT2D eigenvalue weighted by atomic mass is 10.1. The Morgan fingerprint density at radius 2 is 2.03 bits per heavy atom. The number of carbonyl (C=O) groups is 2. The Morgan fingerprint density at radius 1 is 1.21 bits per heavy atom. The summed E-state index contributed by atoms with van der Waals surface area (Å²) in [6.07, 6.45) is 1.95. The van der Waals surface area contributed by atoms with Crippen molar-refractivity contribution in [1.82, 2.24) is 20.2 Å². The van der Waals surface area contributed by atoms with Gasteiger partial charge in [0.05, 0.1) is 43.6 Å². The average molecular weight is 455 g/mol. The number of morpholine rings is 1. The van der Waals surface area contributed by atoms with Crippen LogP contribution < -0.4 is 15.5 Å². The van der Waals surface area contributed by atoms with E-state index in [1.54, 1.807) is 17.0 Å². The molecule has 3 amide bonds. The van der Waals surface area contributed by atoms with Gasteiger partial charge in [0, 0.05) is 30.8 Å². The Morgan fingerprint density at radius 3 is 2.73 bits per heavy atom. The number of hydrogen-bond acceptors (Lipinski definition) is 6. The van der Waals surface area contributed by atoms with Gasteiger partial charge in [-0.25, -0.2) is 19.2 Å². The van der Waals surface area contributed by atoms with Crippen molar-refractivity contribution in [3.05, 3.63) is 35.3 Å².